The van der Waals surface area contributed by atoms with Crippen LogP contribution in [0.5, 0.6) is 0 Å². The fraction of sp³-hybridized carbons (Fsp3) is 0.167. The van der Waals surface area contributed by atoms with Crippen molar-refractivity contribution >= 4 is 11.5 Å². The Morgan fingerprint density at radius 2 is 1.82 bits per heavy atom. The molecule has 4 nitrogen and oxygen atoms in total. The number of rotatable bonds is 5. The lowest BCUT2D eigenvalue weighted by atomic mass is 10.2. The summed E-state index contributed by atoms with van der Waals surface area (Å²) in [6, 6.07) is 15.6. The molecule has 0 spiro atoms. The highest BCUT2D eigenvalue weighted by Crippen LogP contribution is 2.18. The number of benzene rings is 1. The standard InChI is InChI=1S/C18H17NO3/c1-13-17(18(20)21)9-16-8-7-15(10-19(13)16)12-22-11-14-5-3-2-4-6-14/h2-10H,11-12H2,1H3,(H,20,21). The van der Waals surface area contributed by atoms with E-state index in [0.717, 1.165) is 22.3 Å². The lowest BCUT2D eigenvalue weighted by molar-refractivity contribution is 0.0696. The van der Waals surface area contributed by atoms with Gasteiger partial charge in [-0.25, -0.2) is 4.79 Å². The Kier molecular flexibility index (Phi) is 3.94. The van der Waals surface area contributed by atoms with Crippen LogP contribution >= 0.6 is 0 Å². The topological polar surface area (TPSA) is 50.9 Å². The molecule has 0 radical (unpaired) electrons. The molecule has 0 saturated carbocycles. The largest absolute Gasteiger partial charge is 0.478 e. The second kappa shape index (κ2) is 6.03. The first kappa shape index (κ1) is 14.4. The van der Waals surface area contributed by atoms with Crippen LogP contribution in [-0.2, 0) is 18.0 Å². The van der Waals surface area contributed by atoms with Crippen molar-refractivity contribution in [2.45, 2.75) is 20.1 Å². The average Bonchev–Trinajstić information content (AvgIpc) is 2.86. The maximum atomic E-state index is 11.2. The molecule has 0 aliphatic carbocycles. The SMILES string of the molecule is Cc1c(C(=O)O)cc2ccc(COCc3ccccc3)cn12. The van der Waals surface area contributed by atoms with Gasteiger partial charge in [-0.15, -0.1) is 0 Å². The average molecular weight is 295 g/mol. The first-order valence-electron chi connectivity index (χ1n) is 7.10. The smallest absolute Gasteiger partial charge is 0.337 e. The number of carboxylic acids is 1. The van der Waals surface area contributed by atoms with Crippen LogP contribution in [0.4, 0.5) is 0 Å². The Morgan fingerprint density at radius 3 is 2.55 bits per heavy atom. The minimum atomic E-state index is -0.900. The van der Waals surface area contributed by atoms with Crippen molar-refractivity contribution in [3.8, 4) is 0 Å². The molecule has 2 heterocycles. The molecule has 0 unspecified atom stereocenters. The number of aromatic carboxylic acids is 1. The Bertz CT molecular complexity index is 806. The summed E-state index contributed by atoms with van der Waals surface area (Å²) < 4.78 is 7.61. The van der Waals surface area contributed by atoms with E-state index in [1.807, 2.05) is 60.0 Å². The number of aryl methyl sites for hydroxylation is 1. The molecule has 3 aromatic rings. The molecule has 0 bridgehead atoms. The predicted molar refractivity (Wildman–Crippen MR) is 84.0 cm³/mol. The number of fused-ring (bicyclic) bond motifs is 1. The summed E-state index contributed by atoms with van der Waals surface area (Å²) in [4.78, 5) is 11.2. The molecule has 0 amide bonds. The van der Waals surface area contributed by atoms with E-state index in [1.165, 1.54) is 0 Å². The quantitative estimate of drug-likeness (QED) is 0.781. The zero-order valence-corrected chi connectivity index (χ0v) is 12.3. The maximum Gasteiger partial charge on any atom is 0.337 e. The normalized spacial score (nSPS) is 11.0. The molecule has 0 aliphatic heterocycles. The van der Waals surface area contributed by atoms with Gasteiger partial charge in [0, 0.05) is 17.4 Å². The van der Waals surface area contributed by atoms with Crippen LogP contribution in [0.3, 0.4) is 0 Å². The summed E-state index contributed by atoms with van der Waals surface area (Å²) in [5, 5.41) is 9.17. The van der Waals surface area contributed by atoms with E-state index < -0.39 is 5.97 Å². The third-order valence-corrected chi connectivity index (χ3v) is 3.70. The van der Waals surface area contributed by atoms with E-state index in [1.54, 1.807) is 6.07 Å². The number of hydrogen-bond acceptors (Lipinski definition) is 2. The predicted octanol–water partition coefficient (Wildman–Crippen LogP) is 3.66. The molecule has 0 aliphatic rings. The molecule has 2 aromatic heterocycles. The molecule has 0 atom stereocenters. The van der Waals surface area contributed by atoms with Gasteiger partial charge >= 0.3 is 5.97 Å². The first-order chi connectivity index (χ1) is 10.6. The van der Waals surface area contributed by atoms with Crippen molar-refractivity contribution in [2.75, 3.05) is 0 Å². The Balaban J connectivity index is 1.74. The number of pyridine rings is 1. The lowest BCUT2D eigenvalue weighted by Crippen LogP contribution is -1.99. The molecule has 1 N–H and O–H groups in total. The zero-order valence-electron chi connectivity index (χ0n) is 12.3. The monoisotopic (exact) mass is 295 g/mol. The van der Waals surface area contributed by atoms with Crippen LogP contribution in [0.2, 0.25) is 0 Å². The van der Waals surface area contributed by atoms with Crippen LogP contribution in [0, 0.1) is 6.92 Å². The molecule has 0 saturated heterocycles. The second-order valence-corrected chi connectivity index (χ2v) is 5.26. The van der Waals surface area contributed by atoms with Crippen LogP contribution in [0.25, 0.3) is 5.52 Å². The summed E-state index contributed by atoms with van der Waals surface area (Å²) >= 11 is 0. The van der Waals surface area contributed by atoms with Crippen molar-refractivity contribution in [1.29, 1.82) is 0 Å². The number of aromatic nitrogens is 1. The van der Waals surface area contributed by atoms with Gasteiger partial charge in [0.2, 0.25) is 0 Å². The fourth-order valence-corrected chi connectivity index (χ4v) is 2.51. The fourth-order valence-electron chi connectivity index (χ4n) is 2.51. The second-order valence-electron chi connectivity index (χ2n) is 5.26. The Hall–Kier alpha value is -2.59. The van der Waals surface area contributed by atoms with Crippen LogP contribution in [0.15, 0.2) is 54.7 Å². The molecule has 3 rings (SSSR count). The van der Waals surface area contributed by atoms with Gasteiger partial charge in [0.1, 0.15) is 0 Å². The lowest BCUT2D eigenvalue weighted by Gasteiger charge is -2.06. The number of carboxylic acid groups (broad SMARTS) is 1. The summed E-state index contributed by atoms with van der Waals surface area (Å²) in [6.07, 6.45) is 1.93. The first-order valence-corrected chi connectivity index (χ1v) is 7.10. The van der Waals surface area contributed by atoms with Gasteiger partial charge in [0.25, 0.3) is 0 Å². The zero-order chi connectivity index (χ0) is 15.5. The minimum absolute atomic E-state index is 0.336. The van der Waals surface area contributed by atoms with E-state index in [4.69, 9.17) is 9.84 Å². The minimum Gasteiger partial charge on any atom is -0.478 e. The molecule has 112 valence electrons. The van der Waals surface area contributed by atoms with E-state index in [-0.39, 0.29) is 0 Å². The van der Waals surface area contributed by atoms with E-state index in [0.29, 0.717) is 18.8 Å². The van der Waals surface area contributed by atoms with E-state index >= 15 is 0 Å². The third-order valence-electron chi connectivity index (χ3n) is 3.70. The van der Waals surface area contributed by atoms with Crippen molar-refractivity contribution < 1.29 is 14.6 Å². The number of ether oxygens (including phenoxy) is 1. The van der Waals surface area contributed by atoms with Crippen molar-refractivity contribution in [3.63, 3.8) is 0 Å². The third kappa shape index (κ3) is 2.87. The molecular formula is C18H17NO3. The van der Waals surface area contributed by atoms with Gasteiger partial charge < -0.3 is 14.2 Å². The highest BCUT2D eigenvalue weighted by atomic mass is 16.5. The summed E-state index contributed by atoms with van der Waals surface area (Å²) in [6.45, 7) is 2.86. The van der Waals surface area contributed by atoms with Crippen molar-refractivity contribution in [1.82, 2.24) is 4.40 Å². The summed E-state index contributed by atoms with van der Waals surface area (Å²) in [5.41, 5.74) is 4.09. The maximum absolute atomic E-state index is 11.2. The van der Waals surface area contributed by atoms with Crippen LogP contribution in [0.1, 0.15) is 27.2 Å². The van der Waals surface area contributed by atoms with Crippen molar-refractivity contribution in [2.24, 2.45) is 0 Å². The van der Waals surface area contributed by atoms with E-state index in [9.17, 15) is 4.79 Å². The molecule has 22 heavy (non-hydrogen) atoms. The van der Waals surface area contributed by atoms with E-state index in [2.05, 4.69) is 0 Å². The Morgan fingerprint density at radius 1 is 1.09 bits per heavy atom. The van der Waals surface area contributed by atoms with Gasteiger partial charge in [-0.1, -0.05) is 36.4 Å². The van der Waals surface area contributed by atoms with Gasteiger partial charge in [-0.3, -0.25) is 0 Å². The van der Waals surface area contributed by atoms with Crippen molar-refractivity contribution in [3.05, 3.63) is 77.1 Å². The van der Waals surface area contributed by atoms with Gasteiger partial charge in [0.05, 0.1) is 18.8 Å². The number of nitrogens with zero attached hydrogens (tertiary/aromatic N) is 1. The summed E-state index contributed by atoms with van der Waals surface area (Å²) in [5.74, 6) is -0.900. The van der Waals surface area contributed by atoms with Gasteiger partial charge in [0.15, 0.2) is 0 Å². The highest BCUT2D eigenvalue weighted by molar-refractivity contribution is 5.91. The molecule has 0 fully saturated rings. The summed E-state index contributed by atoms with van der Waals surface area (Å²) in [7, 11) is 0. The van der Waals surface area contributed by atoms with Gasteiger partial charge in [-0.2, -0.15) is 0 Å². The molecular weight excluding hydrogens is 278 g/mol. The van der Waals surface area contributed by atoms with Gasteiger partial charge in [-0.05, 0) is 30.2 Å². The number of carbonyl (C=O) groups is 1. The highest BCUT2D eigenvalue weighted by Gasteiger charge is 2.12. The van der Waals surface area contributed by atoms with Crippen LogP contribution in [-0.4, -0.2) is 15.5 Å². The number of hydrogen-bond donors (Lipinski definition) is 1. The Labute approximate surface area is 128 Å². The molecule has 4 heteroatoms. The molecule has 1 aromatic carbocycles. The van der Waals surface area contributed by atoms with Crippen LogP contribution < -0.4 is 0 Å².